The number of hydrogen-bond acceptors (Lipinski definition) is 13. The molecule has 23 heteroatoms. The maximum absolute atomic E-state index is 14.6. The zero-order valence-corrected chi connectivity index (χ0v) is 83.0. The zero-order chi connectivity index (χ0) is 99.3. The molecule has 0 unspecified atom stereocenters. The number of aldehydes is 1. The number of benzene rings is 10. The van der Waals surface area contributed by atoms with Gasteiger partial charge in [0.05, 0.1) is 9.95 Å². The minimum atomic E-state index is -0.416. The van der Waals surface area contributed by atoms with Gasteiger partial charge in [-0.15, -0.1) is 0 Å². The van der Waals surface area contributed by atoms with Gasteiger partial charge in [0, 0.05) is 117 Å². The molecule has 10 aromatic carbocycles. The van der Waals surface area contributed by atoms with Crippen molar-refractivity contribution in [3.63, 3.8) is 0 Å². The van der Waals surface area contributed by atoms with Crippen LogP contribution in [0.2, 0.25) is 5.02 Å². The van der Waals surface area contributed by atoms with Crippen molar-refractivity contribution in [2.45, 2.75) is 133 Å². The Hall–Kier alpha value is -12.8. The summed E-state index contributed by atoms with van der Waals surface area (Å²) in [4.78, 5) is 93.9. The number of nitrogens with zero attached hydrogens (tertiary/aromatic N) is 6. The Bertz CT molecular complexity index is 5920. The van der Waals surface area contributed by atoms with Crippen molar-refractivity contribution < 1.29 is 46.9 Å². The van der Waals surface area contributed by atoms with Crippen LogP contribution >= 0.6 is 11.6 Å². The highest BCUT2D eigenvalue weighted by atomic mass is 35.5. The molecule has 0 aliphatic carbocycles. The van der Waals surface area contributed by atoms with Crippen molar-refractivity contribution in [2.75, 3.05) is 131 Å². The van der Waals surface area contributed by atoms with E-state index in [0.29, 0.717) is 98.8 Å². The lowest BCUT2D eigenvalue weighted by Crippen LogP contribution is -2.30. The first-order valence-electron chi connectivity index (χ1n) is 49.4. The molecule has 5 heterocycles. The molecule has 15 rings (SSSR count). The number of halogens is 4. The number of nitrogens with one attached hydrogen (secondary N) is 5. The minimum absolute atomic E-state index is 0.0213. The second-order valence-electron chi connectivity index (χ2n) is 34.6. The zero-order valence-electron chi connectivity index (χ0n) is 82.3. The summed E-state index contributed by atoms with van der Waals surface area (Å²) in [5.41, 5.74) is 26.1. The van der Waals surface area contributed by atoms with Crippen LogP contribution in [0.1, 0.15) is 251 Å². The van der Waals surface area contributed by atoms with E-state index in [1.54, 1.807) is 45.0 Å². The molecule has 5 saturated heterocycles. The lowest BCUT2D eigenvalue weighted by molar-refractivity contribution is -0.384. The highest BCUT2D eigenvalue weighted by molar-refractivity contribution is 6.31. The average molecular weight is 1900 g/mol. The maximum Gasteiger partial charge on any atom is 0.270 e. The first-order valence-corrected chi connectivity index (χ1v) is 49.8. The number of non-ortho nitro benzene ring substituents is 1. The summed E-state index contributed by atoms with van der Waals surface area (Å²) in [5, 5.41) is 28.3. The van der Waals surface area contributed by atoms with Gasteiger partial charge in [-0.25, -0.2) is 13.2 Å². The van der Waals surface area contributed by atoms with Crippen LogP contribution in [0.15, 0.2) is 264 Å². The number of nitro benzene ring substituents is 1. The number of hydrogen-bond donors (Lipinski definition) is 5. The number of carbonyl (C=O) groups excluding carboxylic acids is 6. The number of nitro groups is 1. The molecule has 730 valence electrons. The van der Waals surface area contributed by atoms with Gasteiger partial charge < -0.3 is 51.1 Å². The highest BCUT2D eigenvalue weighted by Crippen LogP contribution is 2.40. The van der Waals surface area contributed by atoms with E-state index >= 15 is 0 Å². The first-order chi connectivity index (χ1) is 67.5. The van der Waals surface area contributed by atoms with Crippen LogP contribution in [0.4, 0.5) is 18.9 Å². The number of rotatable bonds is 27. The molecule has 5 aliphatic rings. The lowest BCUT2D eigenvalue weighted by atomic mass is 9.88. The standard InChI is InChI=1S/C24H28N2O2.C23H26ClFN2O.2C23H27FN2O.C23H27N3O3/c1-3-26(4-2)24(28)22-11-9-20(10-12-22)23(21-13-15-25-16-14-21)19-7-5-18(17-27)6-8-19;1-3-27(4-2)23(28)18-7-5-16(6-8-18)22(17-11-13-26-14-12-17)19-9-10-21(25)20(24)15-19;1-3-26(4-2)23(27)20-7-5-17(6-8-20)22(19-13-15-25-16-14-19)18-9-11-21(24)12-10-18;1-3-26(4-2)23(27)19-11-9-17(10-12-19)22(18-13-15-25-16-14-18)20-7-5-6-8-21(20)24;1-3-25(4-2)23(27)19-10-8-17(9-11-19)22(18-12-14-24-15-13-18)20-6-5-7-21(16-20)26(28)29/h5-12,17,25H,3-4,13-16H2,1-2H3;5-10,15,26H,3-4,11-14H2,1-2H3;2*5-12,25H,3-4,13-16H2,1-2H3;5-11,16,24H,3-4,12-15H2,1-2H3. The lowest BCUT2D eigenvalue weighted by Gasteiger charge is -2.22. The summed E-state index contributed by atoms with van der Waals surface area (Å²) in [6, 6.07) is 71.9. The second kappa shape index (κ2) is 54.5. The van der Waals surface area contributed by atoms with Gasteiger partial charge in [-0.3, -0.25) is 38.9 Å². The molecule has 5 amide bonds. The third-order valence-electron chi connectivity index (χ3n) is 26.3. The fourth-order valence-electron chi connectivity index (χ4n) is 18.5. The molecule has 0 spiro atoms. The van der Waals surface area contributed by atoms with Crippen molar-refractivity contribution in [3.05, 3.63) is 386 Å². The smallest absolute Gasteiger partial charge is 0.270 e. The molecular weight excluding hydrogens is 1770 g/mol. The predicted octanol–water partition coefficient (Wildman–Crippen LogP) is 22.6. The minimum Gasteiger partial charge on any atom is -0.339 e. The van der Waals surface area contributed by atoms with Crippen LogP contribution in [-0.2, 0) is 0 Å². The summed E-state index contributed by atoms with van der Waals surface area (Å²) in [7, 11) is 0. The van der Waals surface area contributed by atoms with Crippen LogP contribution in [0.3, 0.4) is 0 Å². The first kappa shape index (κ1) is 107. The molecule has 0 radical (unpaired) electrons. The van der Waals surface area contributed by atoms with E-state index in [-0.39, 0.29) is 56.8 Å². The number of piperidine rings is 5. The Labute approximate surface area is 824 Å². The Morgan fingerprint density at radius 3 is 0.799 bits per heavy atom. The molecular formula is C116H135ClF3N11O8. The van der Waals surface area contributed by atoms with Gasteiger partial charge in [0.25, 0.3) is 35.2 Å². The topological polar surface area (TPSA) is 222 Å². The summed E-state index contributed by atoms with van der Waals surface area (Å²) >= 11 is 6.06. The SMILES string of the molecule is CCN(CC)C(=O)c1ccc(C(=C2CCNCC2)c2ccc(C=O)cc2)cc1.CCN(CC)C(=O)c1ccc(C(=C2CCNCC2)c2ccc(F)c(Cl)c2)cc1.CCN(CC)C(=O)c1ccc(C(=C2CCNCC2)c2ccc(F)cc2)cc1.CCN(CC)C(=O)c1ccc(C(=C2CCNCC2)c2cccc([N+](=O)[O-])c2)cc1.CCN(CC)C(=O)c1ccc(C(=C2CCNCC2)c2ccccc2F)cc1. The van der Waals surface area contributed by atoms with Gasteiger partial charge in [-0.1, -0.05) is 173 Å². The Kier molecular flexibility index (Phi) is 41.8. The monoisotopic (exact) mass is 1900 g/mol. The van der Waals surface area contributed by atoms with E-state index in [4.69, 9.17) is 11.6 Å². The van der Waals surface area contributed by atoms with E-state index in [1.807, 2.05) is 243 Å². The summed E-state index contributed by atoms with van der Waals surface area (Å²) < 4.78 is 41.7. The van der Waals surface area contributed by atoms with Crippen molar-refractivity contribution in [1.29, 1.82) is 0 Å². The molecule has 0 bridgehead atoms. The van der Waals surface area contributed by atoms with Gasteiger partial charge in [0.1, 0.15) is 23.7 Å². The van der Waals surface area contributed by atoms with Crippen molar-refractivity contribution in [3.8, 4) is 0 Å². The quantitative estimate of drug-likeness (QED) is 0.0184. The van der Waals surface area contributed by atoms with Gasteiger partial charge in [-0.2, -0.15) is 0 Å². The summed E-state index contributed by atoms with van der Waals surface area (Å²) in [6.45, 7) is 36.1. The Morgan fingerprint density at radius 2 is 0.532 bits per heavy atom. The van der Waals surface area contributed by atoms with Gasteiger partial charge in [-0.05, 0) is 368 Å². The van der Waals surface area contributed by atoms with Gasteiger partial charge in [0.15, 0.2) is 0 Å². The maximum atomic E-state index is 14.6. The van der Waals surface area contributed by atoms with Crippen LogP contribution in [0, 0.1) is 27.6 Å². The number of amides is 5. The third kappa shape index (κ3) is 28.7. The van der Waals surface area contributed by atoms with Crippen molar-refractivity contribution >= 4 is 81.0 Å². The fourth-order valence-corrected chi connectivity index (χ4v) is 18.7. The average Bonchev–Trinajstić information content (AvgIpc) is 0.824. The van der Waals surface area contributed by atoms with Gasteiger partial charge in [0.2, 0.25) is 0 Å². The molecule has 0 atom stereocenters. The second-order valence-corrected chi connectivity index (χ2v) is 35.0. The highest BCUT2D eigenvalue weighted by Gasteiger charge is 2.27. The van der Waals surface area contributed by atoms with E-state index in [2.05, 4.69) is 38.7 Å². The van der Waals surface area contributed by atoms with Crippen LogP contribution in [0.5, 0.6) is 0 Å². The van der Waals surface area contributed by atoms with E-state index in [1.165, 1.54) is 69.3 Å². The molecule has 5 aliphatic heterocycles. The summed E-state index contributed by atoms with van der Waals surface area (Å²) in [5.74, 6) is -0.623. The van der Waals surface area contributed by atoms with E-state index in [0.717, 1.165) is 208 Å². The molecule has 139 heavy (non-hydrogen) atoms. The largest absolute Gasteiger partial charge is 0.339 e. The molecule has 5 N–H and O–H groups in total. The van der Waals surface area contributed by atoms with Crippen LogP contribution in [0.25, 0.3) is 27.9 Å². The van der Waals surface area contributed by atoms with Crippen LogP contribution in [-0.4, -0.2) is 196 Å². The van der Waals surface area contributed by atoms with E-state index in [9.17, 15) is 52.1 Å². The molecule has 19 nitrogen and oxygen atoms in total. The Balaban J connectivity index is 0.000000166. The Morgan fingerprint density at radius 1 is 0.295 bits per heavy atom. The third-order valence-corrected chi connectivity index (χ3v) is 26.6. The normalized spacial score (nSPS) is 14.0. The summed E-state index contributed by atoms with van der Waals surface area (Å²) in [6.07, 6.45) is 10.3. The molecule has 0 saturated carbocycles. The fraction of sp³-hybridized carbons (Fsp3) is 0.345. The van der Waals surface area contributed by atoms with Crippen molar-refractivity contribution in [1.82, 2.24) is 51.1 Å². The van der Waals surface area contributed by atoms with E-state index < -0.39 is 5.82 Å². The van der Waals surface area contributed by atoms with Gasteiger partial charge >= 0.3 is 0 Å². The predicted molar refractivity (Wildman–Crippen MR) is 558 cm³/mol. The molecule has 0 aromatic heterocycles. The molecule has 10 aromatic rings. The van der Waals surface area contributed by atoms with Crippen molar-refractivity contribution in [2.24, 2.45) is 0 Å². The van der Waals surface area contributed by atoms with Crippen LogP contribution < -0.4 is 26.6 Å². The molecule has 5 fully saturated rings. The number of carbonyl (C=O) groups is 6.